The Bertz CT molecular complexity index is 1570. The molecule has 1 aromatic heterocycles. The molecule has 0 saturated carbocycles. The molecule has 2 aliphatic rings. The maximum absolute atomic E-state index is 14.0. The highest BCUT2D eigenvalue weighted by atomic mass is 16.5. The van der Waals surface area contributed by atoms with E-state index in [0.29, 0.717) is 46.8 Å². The van der Waals surface area contributed by atoms with Crippen LogP contribution in [-0.4, -0.2) is 24.8 Å². The zero-order valence-electron chi connectivity index (χ0n) is 23.7. The Labute approximate surface area is 239 Å². The number of carbonyl (C=O) groups excluding carboxylic acids is 3. The van der Waals surface area contributed by atoms with E-state index in [1.54, 1.807) is 19.4 Å². The minimum atomic E-state index is -0.624. The number of anilines is 1. The molecule has 1 aliphatic heterocycles. The van der Waals surface area contributed by atoms with Crippen LogP contribution in [0.3, 0.4) is 0 Å². The quantitative estimate of drug-likeness (QED) is 0.405. The number of H-pyrrole nitrogens is 1. The molecule has 2 aromatic carbocycles. The highest BCUT2D eigenvalue weighted by Gasteiger charge is 2.42. The van der Waals surface area contributed by atoms with Crippen LogP contribution >= 0.6 is 0 Å². The molecule has 0 saturated heterocycles. The van der Waals surface area contributed by atoms with Crippen molar-refractivity contribution in [2.24, 2.45) is 0 Å². The number of carbonyl (C=O) groups is 3. The third kappa shape index (κ3) is 5.77. The zero-order valence-corrected chi connectivity index (χ0v) is 23.7. The van der Waals surface area contributed by atoms with E-state index in [1.807, 2.05) is 56.3 Å². The molecule has 210 valence electrons. The third-order valence-electron chi connectivity index (χ3n) is 7.71. The Hall–Kier alpha value is -4.72. The van der Waals surface area contributed by atoms with Crippen molar-refractivity contribution in [3.05, 3.63) is 112 Å². The lowest BCUT2D eigenvalue weighted by Crippen LogP contribution is -2.37. The highest BCUT2D eigenvalue weighted by Crippen LogP contribution is 2.46. The number of hydrogen-bond donors (Lipinski definition) is 2. The molecule has 1 aliphatic carbocycles. The number of ether oxygens (including phenoxy) is 2. The van der Waals surface area contributed by atoms with Crippen LogP contribution in [0.1, 0.15) is 60.8 Å². The summed E-state index contributed by atoms with van der Waals surface area (Å²) in [6, 6.07) is 19.3. The Kier molecular flexibility index (Phi) is 8.01. The Balaban J connectivity index is 1.61. The molecule has 41 heavy (non-hydrogen) atoms. The van der Waals surface area contributed by atoms with Crippen molar-refractivity contribution in [3.8, 4) is 5.75 Å². The first-order valence-electron chi connectivity index (χ1n) is 13.6. The largest absolute Gasteiger partial charge is 0.496 e. The van der Waals surface area contributed by atoms with E-state index >= 15 is 0 Å². The Morgan fingerprint density at radius 3 is 2.51 bits per heavy atom. The van der Waals surface area contributed by atoms with Gasteiger partial charge in [-0.15, -0.1) is 0 Å². The van der Waals surface area contributed by atoms with Gasteiger partial charge in [0.1, 0.15) is 12.4 Å². The summed E-state index contributed by atoms with van der Waals surface area (Å²) < 4.78 is 10.8. The van der Waals surface area contributed by atoms with Gasteiger partial charge in [-0.1, -0.05) is 36.4 Å². The number of aromatic nitrogens is 1. The number of aromatic amines is 1. The average Bonchev–Trinajstić information content (AvgIpc) is 2.96. The van der Waals surface area contributed by atoms with E-state index in [0.717, 1.165) is 22.4 Å². The molecule has 0 fully saturated rings. The molecule has 2 atom stereocenters. The summed E-state index contributed by atoms with van der Waals surface area (Å²) in [5, 5.41) is 6.44. The molecule has 8 heteroatoms. The van der Waals surface area contributed by atoms with Gasteiger partial charge in [0, 0.05) is 47.4 Å². The second-order valence-corrected chi connectivity index (χ2v) is 10.5. The molecule has 1 amide bonds. The van der Waals surface area contributed by atoms with Gasteiger partial charge in [-0.2, -0.15) is 0 Å². The van der Waals surface area contributed by atoms with Crippen LogP contribution in [0.4, 0.5) is 5.82 Å². The predicted octanol–water partition coefficient (Wildman–Crippen LogP) is 4.88. The van der Waals surface area contributed by atoms with Crippen molar-refractivity contribution >= 4 is 23.5 Å². The molecule has 0 radical (unpaired) electrons. The van der Waals surface area contributed by atoms with Crippen LogP contribution in [0.5, 0.6) is 5.75 Å². The van der Waals surface area contributed by atoms with Gasteiger partial charge in [-0.3, -0.25) is 9.59 Å². The smallest absolute Gasteiger partial charge is 0.337 e. The predicted molar refractivity (Wildman–Crippen MR) is 154 cm³/mol. The summed E-state index contributed by atoms with van der Waals surface area (Å²) in [5.41, 5.74) is 5.93. The lowest BCUT2D eigenvalue weighted by molar-refractivity contribution is -0.361. The number of amides is 1. The molecule has 3 aromatic rings. The lowest BCUT2D eigenvalue weighted by Gasteiger charge is -2.36. The molecule has 0 bridgehead atoms. The van der Waals surface area contributed by atoms with Gasteiger partial charge in [0.25, 0.3) is 5.82 Å². The Morgan fingerprint density at radius 1 is 1.02 bits per heavy atom. The number of pyridine rings is 1. The number of nitrogens with one attached hydrogen (secondary N) is 3. The minimum absolute atomic E-state index is 0.00443. The first-order valence-corrected chi connectivity index (χ1v) is 13.6. The van der Waals surface area contributed by atoms with E-state index < -0.39 is 11.9 Å². The van der Waals surface area contributed by atoms with Crippen molar-refractivity contribution in [1.82, 2.24) is 5.32 Å². The van der Waals surface area contributed by atoms with Crippen molar-refractivity contribution in [1.29, 1.82) is 0 Å². The molecule has 2 unspecified atom stereocenters. The van der Waals surface area contributed by atoms with E-state index in [9.17, 15) is 14.4 Å². The fraction of sp³-hybridized carbons (Fsp3) is 0.273. The number of rotatable bonds is 7. The fourth-order valence-electron chi connectivity index (χ4n) is 5.74. The van der Waals surface area contributed by atoms with Gasteiger partial charge >= 0.3 is 11.9 Å². The second kappa shape index (κ2) is 11.8. The van der Waals surface area contributed by atoms with Crippen molar-refractivity contribution < 1.29 is 28.8 Å². The average molecular weight is 553 g/mol. The maximum atomic E-state index is 14.0. The molecule has 5 rings (SSSR count). The summed E-state index contributed by atoms with van der Waals surface area (Å²) in [4.78, 5) is 42.6. The number of methoxy groups -OCH3 is 1. The van der Waals surface area contributed by atoms with Crippen LogP contribution < -0.4 is 20.4 Å². The van der Waals surface area contributed by atoms with Crippen molar-refractivity contribution in [2.75, 3.05) is 12.4 Å². The van der Waals surface area contributed by atoms with Gasteiger partial charge in [0.05, 0.1) is 18.9 Å². The molecule has 8 nitrogen and oxygen atoms in total. The summed E-state index contributed by atoms with van der Waals surface area (Å²) in [5.74, 6) is -0.178. The van der Waals surface area contributed by atoms with Crippen LogP contribution in [0.25, 0.3) is 0 Å². The van der Waals surface area contributed by atoms with E-state index in [4.69, 9.17) is 9.47 Å². The monoisotopic (exact) mass is 552 g/mol. The number of Topliss-reactive ketones (excluding diaryl/α,β-unsaturated/α-hetero) is 1. The molecule has 0 spiro atoms. The number of esters is 1. The normalized spacial score (nSPS) is 18.4. The summed E-state index contributed by atoms with van der Waals surface area (Å²) in [6.07, 6.45) is 2.74. The van der Waals surface area contributed by atoms with Gasteiger partial charge < -0.3 is 14.8 Å². The summed E-state index contributed by atoms with van der Waals surface area (Å²) in [7, 11) is 1.55. The minimum Gasteiger partial charge on any atom is -0.496 e. The number of dihydropyridines is 1. The maximum Gasteiger partial charge on any atom is 0.337 e. The van der Waals surface area contributed by atoms with Gasteiger partial charge in [0.15, 0.2) is 5.78 Å². The van der Waals surface area contributed by atoms with Crippen LogP contribution in [0, 0.1) is 6.92 Å². The van der Waals surface area contributed by atoms with Crippen molar-refractivity contribution in [3.63, 3.8) is 0 Å². The van der Waals surface area contributed by atoms with Crippen LogP contribution in [0.15, 0.2) is 89.4 Å². The van der Waals surface area contributed by atoms with E-state index in [-0.39, 0.29) is 24.2 Å². The molecular weight excluding hydrogens is 518 g/mol. The molecule has 2 heterocycles. The molecular formula is C33H34N3O5+. The number of aryl methyl sites for hydroxylation is 1. The Morgan fingerprint density at radius 2 is 1.80 bits per heavy atom. The SMILES string of the molecule is COc1ccc(C2C(C(=O)Nc3[nH+]cccc3C)=C(C)NC3=C2C(=O)CC(c2ccccc2)C3)cc1COC(C)=O. The number of benzene rings is 2. The summed E-state index contributed by atoms with van der Waals surface area (Å²) >= 11 is 0. The van der Waals surface area contributed by atoms with Crippen molar-refractivity contribution in [2.45, 2.75) is 52.1 Å². The van der Waals surface area contributed by atoms with Crippen LogP contribution in [-0.2, 0) is 25.7 Å². The topological polar surface area (TPSA) is 108 Å². The summed E-state index contributed by atoms with van der Waals surface area (Å²) in [6.45, 7) is 5.13. The number of ketones is 1. The zero-order chi connectivity index (χ0) is 29.1. The lowest BCUT2D eigenvalue weighted by atomic mass is 9.71. The standard InChI is InChI=1S/C33H33N3O5/c1-19-9-8-14-34-32(19)36-33(39)29-20(2)35-26-16-24(22-10-6-5-7-11-22)17-27(38)31(26)30(29)23-12-13-28(40-4)25(15-23)18-41-21(3)37/h5-15,24,30,35H,16-18H2,1-4H3,(H,34,36,39)/p+1. The van der Waals surface area contributed by atoms with Gasteiger partial charge in [0.2, 0.25) is 0 Å². The van der Waals surface area contributed by atoms with Crippen LogP contribution in [0.2, 0.25) is 0 Å². The fourth-order valence-corrected chi connectivity index (χ4v) is 5.74. The first-order chi connectivity index (χ1) is 19.8. The highest BCUT2D eigenvalue weighted by molar-refractivity contribution is 6.09. The second-order valence-electron chi connectivity index (χ2n) is 10.5. The van der Waals surface area contributed by atoms with Gasteiger partial charge in [-0.05, 0) is 61.6 Å². The van der Waals surface area contributed by atoms with Gasteiger partial charge in [-0.25, -0.2) is 15.1 Å². The number of allylic oxidation sites excluding steroid dienone is 3. The molecule has 3 N–H and O–H groups in total. The van der Waals surface area contributed by atoms with E-state index in [1.165, 1.54) is 6.92 Å². The number of hydrogen-bond acceptors (Lipinski definition) is 6. The third-order valence-corrected chi connectivity index (χ3v) is 7.71. The first kappa shape index (κ1) is 27.8. The van der Waals surface area contributed by atoms with E-state index in [2.05, 4.69) is 27.8 Å².